The van der Waals surface area contributed by atoms with E-state index < -0.39 is 0 Å². The van der Waals surface area contributed by atoms with E-state index in [1.807, 2.05) is 5.06 Å². The summed E-state index contributed by atoms with van der Waals surface area (Å²) in [6, 6.07) is 0.436. The SMILES string of the molecule is COC1CCCC(N2CC(O)CO2)C1. The van der Waals surface area contributed by atoms with Crippen molar-refractivity contribution in [3.8, 4) is 0 Å². The first-order valence-corrected chi connectivity index (χ1v) is 5.40. The van der Waals surface area contributed by atoms with Gasteiger partial charge in [0.1, 0.15) is 0 Å². The summed E-state index contributed by atoms with van der Waals surface area (Å²) in [5, 5.41) is 11.3. The minimum absolute atomic E-state index is 0.307. The molecule has 2 fully saturated rings. The van der Waals surface area contributed by atoms with Crippen LogP contribution >= 0.6 is 0 Å². The minimum Gasteiger partial charge on any atom is -0.389 e. The Morgan fingerprint density at radius 1 is 1.43 bits per heavy atom. The van der Waals surface area contributed by atoms with E-state index in [0.717, 1.165) is 19.3 Å². The molecule has 1 N–H and O–H groups in total. The van der Waals surface area contributed by atoms with Gasteiger partial charge in [-0.25, -0.2) is 0 Å². The highest BCUT2D eigenvalue weighted by molar-refractivity contribution is 4.80. The van der Waals surface area contributed by atoms with E-state index in [9.17, 15) is 5.11 Å². The Kier molecular flexibility index (Phi) is 3.38. The van der Waals surface area contributed by atoms with Crippen molar-refractivity contribution >= 4 is 0 Å². The van der Waals surface area contributed by atoms with Gasteiger partial charge in [0.05, 0.1) is 25.4 Å². The predicted molar refractivity (Wildman–Crippen MR) is 51.7 cm³/mol. The topological polar surface area (TPSA) is 41.9 Å². The van der Waals surface area contributed by atoms with Crippen LogP contribution in [0.15, 0.2) is 0 Å². The summed E-state index contributed by atoms with van der Waals surface area (Å²) in [5.41, 5.74) is 0. The van der Waals surface area contributed by atoms with Crippen LogP contribution in [0.3, 0.4) is 0 Å². The molecular weight excluding hydrogens is 182 g/mol. The molecule has 0 radical (unpaired) electrons. The van der Waals surface area contributed by atoms with Gasteiger partial charge in [0.25, 0.3) is 0 Å². The van der Waals surface area contributed by atoms with Gasteiger partial charge in [-0.15, -0.1) is 0 Å². The van der Waals surface area contributed by atoms with Crippen LogP contribution in [-0.4, -0.2) is 48.7 Å². The molecule has 0 aromatic rings. The first kappa shape index (κ1) is 10.4. The fourth-order valence-corrected chi connectivity index (χ4v) is 2.35. The van der Waals surface area contributed by atoms with Gasteiger partial charge in [-0.05, 0) is 25.7 Å². The Labute approximate surface area is 84.7 Å². The fourth-order valence-electron chi connectivity index (χ4n) is 2.35. The Bertz CT molecular complexity index is 188. The van der Waals surface area contributed by atoms with E-state index in [0.29, 0.717) is 25.3 Å². The van der Waals surface area contributed by atoms with Crippen LogP contribution in [0, 0.1) is 0 Å². The normalized spacial score (nSPS) is 40.3. The number of aliphatic hydroxyl groups excluding tert-OH is 1. The third-order valence-corrected chi connectivity index (χ3v) is 3.16. The third-order valence-electron chi connectivity index (χ3n) is 3.16. The van der Waals surface area contributed by atoms with E-state index in [4.69, 9.17) is 9.57 Å². The molecule has 0 aromatic carbocycles. The molecular formula is C10H19NO3. The zero-order valence-corrected chi connectivity index (χ0v) is 8.69. The van der Waals surface area contributed by atoms with Crippen molar-refractivity contribution in [2.75, 3.05) is 20.3 Å². The van der Waals surface area contributed by atoms with Gasteiger partial charge in [0.15, 0.2) is 0 Å². The molecule has 0 amide bonds. The van der Waals surface area contributed by atoms with Gasteiger partial charge in [0, 0.05) is 13.2 Å². The van der Waals surface area contributed by atoms with Gasteiger partial charge in [-0.1, -0.05) is 0 Å². The Morgan fingerprint density at radius 2 is 2.29 bits per heavy atom. The molecule has 3 unspecified atom stereocenters. The molecule has 4 heteroatoms. The summed E-state index contributed by atoms with van der Waals surface area (Å²) >= 11 is 0. The lowest BCUT2D eigenvalue weighted by Gasteiger charge is -2.33. The molecule has 1 aliphatic heterocycles. The third kappa shape index (κ3) is 2.25. The van der Waals surface area contributed by atoms with E-state index >= 15 is 0 Å². The van der Waals surface area contributed by atoms with Crippen molar-refractivity contribution in [1.82, 2.24) is 5.06 Å². The molecule has 0 aromatic heterocycles. The molecule has 1 saturated heterocycles. The standard InChI is InChI=1S/C10H19NO3/c1-13-10-4-2-3-8(5-10)11-6-9(12)7-14-11/h8-10,12H,2-7H2,1H3. The minimum atomic E-state index is -0.307. The first-order chi connectivity index (χ1) is 6.79. The average molecular weight is 201 g/mol. The lowest BCUT2D eigenvalue weighted by molar-refractivity contribution is -0.157. The molecule has 0 bridgehead atoms. The molecule has 1 heterocycles. The summed E-state index contributed by atoms with van der Waals surface area (Å²) in [6.07, 6.45) is 4.60. The van der Waals surface area contributed by atoms with Crippen molar-refractivity contribution in [2.24, 2.45) is 0 Å². The molecule has 4 nitrogen and oxygen atoms in total. The molecule has 2 rings (SSSR count). The fraction of sp³-hybridized carbons (Fsp3) is 1.00. The van der Waals surface area contributed by atoms with Crippen LogP contribution < -0.4 is 0 Å². The summed E-state index contributed by atoms with van der Waals surface area (Å²) in [5.74, 6) is 0. The van der Waals surface area contributed by atoms with E-state index in [1.165, 1.54) is 6.42 Å². The number of rotatable bonds is 2. The Hall–Kier alpha value is -0.160. The van der Waals surface area contributed by atoms with Crippen LogP contribution in [0.25, 0.3) is 0 Å². The quantitative estimate of drug-likeness (QED) is 0.708. The number of hydrogen-bond donors (Lipinski definition) is 1. The number of hydroxylamine groups is 2. The second-order valence-corrected chi connectivity index (χ2v) is 4.23. The highest BCUT2D eigenvalue weighted by atomic mass is 16.7. The van der Waals surface area contributed by atoms with Crippen molar-refractivity contribution < 1.29 is 14.7 Å². The zero-order valence-electron chi connectivity index (χ0n) is 8.69. The van der Waals surface area contributed by atoms with E-state index in [-0.39, 0.29) is 6.10 Å². The highest BCUT2D eigenvalue weighted by Gasteiger charge is 2.32. The van der Waals surface area contributed by atoms with Crippen LogP contribution in [0.5, 0.6) is 0 Å². The smallest absolute Gasteiger partial charge is 0.0958 e. The maximum Gasteiger partial charge on any atom is 0.0958 e. The molecule has 3 atom stereocenters. The lowest BCUT2D eigenvalue weighted by atomic mass is 9.92. The molecule has 0 spiro atoms. The van der Waals surface area contributed by atoms with Crippen LogP contribution in [0.1, 0.15) is 25.7 Å². The van der Waals surface area contributed by atoms with E-state index in [2.05, 4.69) is 0 Å². The molecule has 14 heavy (non-hydrogen) atoms. The molecule has 82 valence electrons. The second kappa shape index (κ2) is 4.57. The maximum absolute atomic E-state index is 9.36. The summed E-state index contributed by atoms with van der Waals surface area (Å²) in [7, 11) is 1.77. The molecule has 2 aliphatic rings. The Morgan fingerprint density at radius 3 is 2.93 bits per heavy atom. The number of methoxy groups -OCH3 is 1. The van der Waals surface area contributed by atoms with E-state index in [1.54, 1.807) is 7.11 Å². The summed E-state index contributed by atoms with van der Waals surface area (Å²) in [6.45, 7) is 1.11. The maximum atomic E-state index is 9.36. The second-order valence-electron chi connectivity index (χ2n) is 4.23. The number of ether oxygens (including phenoxy) is 1. The summed E-state index contributed by atoms with van der Waals surface area (Å²) < 4.78 is 5.36. The summed E-state index contributed by atoms with van der Waals surface area (Å²) in [4.78, 5) is 5.43. The monoisotopic (exact) mass is 201 g/mol. The lowest BCUT2D eigenvalue weighted by Crippen LogP contribution is -2.39. The number of hydrogen-bond acceptors (Lipinski definition) is 4. The molecule has 1 aliphatic carbocycles. The average Bonchev–Trinajstić information content (AvgIpc) is 2.65. The van der Waals surface area contributed by atoms with Gasteiger partial charge in [0.2, 0.25) is 0 Å². The largest absolute Gasteiger partial charge is 0.389 e. The van der Waals surface area contributed by atoms with Crippen molar-refractivity contribution in [2.45, 2.75) is 43.9 Å². The van der Waals surface area contributed by atoms with Gasteiger partial charge in [-0.2, -0.15) is 5.06 Å². The Balaban J connectivity index is 1.84. The van der Waals surface area contributed by atoms with Crippen LogP contribution in [0.4, 0.5) is 0 Å². The zero-order chi connectivity index (χ0) is 9.97. The number of aliphatic hydroxyl groups is 1. The number of β-amino-alcohol motifs (C(OH)–C–C–N with tert-alkyl or cyclic N) is 1. The van der Waals surface area contributed by atoms with Crippen molar-refractivity contribution in [3.05, 3.63) is 0 Å². The van der Waals surface area contributed by atoms with Crippen LogP contribution in [0.2, 0.25) is 0 Å². The predicted octanol–water partition coefficient (Wildman–Crippen LogP) is 0.552. The van der Waals surface area contributed by atoms with Gasteiger partial charge >= 0.3 is 0 Å². The number of nitrogens with zero attached hydrogens (tertiary/aromatic N) is 1. The van der Waals surface area contributed by atoms with Gasteiger partial charge in [-0.3, -0.25) is 4.84 Å². The van der Waals surface area contributed by atoms with Gasteiger partial charge < -0.3 is 9.84 Å². The highest BCUT2D eigenvalue weighted by Crippen LogP contribution is 2.26. The van der Waals surface area contributed by atoms with Crippen molar-refractivity contribution in [1.29, 1.82) is 0 Å². The van der Waals surface area contributed by atoms with Crippen LogP contribution in [-0.2, 0) is 9.57 Å². The molecule has 1 saturated carbocycles. The first-order valence-electron chi connectivity index (χ1n) is 5.40. The van der Waals surface area contributed by atoms with Crippen molar-refractivity contribution in [3.63, 3.8) is 0 Å².